The second-order valence-corrected chi connectivity index (χ2v) is 6.06. The molecule has 0 saturated carbocycles. The number of anilines is 1. The molecule has 0 radical (unpaired) electrons. The maximum absolute atomic E-state index is 12.1. The zero-order valence-corrected chi connectivity index (χ0v) is 15.8. The van der Waals surface area contributed by atoms with E-state index in [2.05, 4.69) is 20.9 Å². The lowest BCUT2D eigenvalue weighted by Crippen LogP contribution is -2.37. The Morgan fingerprint density at radius 2 is 1.75 bits per heavy atom. The third-order valence-electron chi connectivity index (χ3n) is 3.81. The van der Waals surface area contributed by atoms with Crippen molar-refractivity contribution in [2.45, 2.75) is 26.8 Å². The Labute approximate surface area is 162 Å². The molecule has 0 unspecified atom stereocenters. The minimum Gasteiger partial charge on any atom is -0.353 e. The standard InChI is InChI=1S/C19H23N5O4/c1-3-15-10-18(27)24(12-22-15)11-17(26)20-8-9-21-19(28)14-4-6-16(7-5-14)23-13(2)25/h4-7,10,12H,3,8-9,11H2,1-2H3,(H,20,26)(H,21,28)(H,23,25). The minimum atomic E-state index is -0.345. The van der Waals surface area contributed by atoms with E-state index in [1.54, 1.807) is 24.3 Å². The summed E-state index contributed by atoms with van der Waals surface area (Å²) in [6, 6.07) is 7.86. The summed E-state index contributed by atoms with van der Waals surface area (Å²) in [5, 5.41) is 7.94. The zero-order chi connectivity index (χ0) is 20.5. The number of aromatic nitrogens is 2. The van der Waals surface area contributed by atoms with Crippen molar-refractivity contribution >= 4 is 23.4 Å². The predicted molar refractivity (Wildman–Crippen MR) is 104 cm³/mol. The molecule has 0 atom stereocenters. The van der Waals surface area contributed by atoms with E-state index in [-0.39, 0.29) is 42.9 Å². The molecular weight excluding hydrogens is 362 g/mol. The van der Waals surface area contributed by atoms with Gasteiger partial charge < -0.3 is 16.0 Å². The van der Waals surface area contributed by atoms with Crippen molar-refractivity contribution in [2.75, 3.05) is 18.4 Å². The third kappa shape index (κ3) is 6.35. The van der Waals surface area contributed by atoms with Crippen molar-refractivity contribution in [3.8, 4) is 0 Å². The maximum Gasteiger partial charge on any atom is 0.253 e. The van der Waals surface area contributed by atoms with Crippen molar-refractivity contribution in [3.05, 3.63) is 58.3 Å². The van der Waals surface area contributed by atoms with Gasteiger partial charge >= 0.3 is 0 Å². The molecule has 148 valence electrons. The first-order chi connectivity index (χ1) is 13.4. The summed E-state index contributed by atoms with van der Waals surface area (Å²) < 4.78 is 1.23. The fourth-order valence-corrected chi connectivity index (χ4v) is 2.37. The van der Waals surface area contributed by atoms with Crippen LogP contribution in [0.25, 0.3) is 0 Å². The number of nitrogens with zero attached hydrogens (tertiary/aromatic N) is 2. The average Bonchev–Trinajstić information content (AvgIpc) is 2.66. The molecule has 1 aromatic heterocycles. The Kier molecular flexibility index (Phi) is 7.44. The Morgan fingerprint density at radius 1 is 1.07 bits per heavy atom. The molecule has 0 fully saturated rings. The molecule has 1 heterocycles. The highest BCUT2D eigenvalue weighted by atomic mass is 16.2. The molecule has 3 amide bonds. The summed E-state index contributed by atoms with van der Waals surface area (Å²) in [7, 11) is 0. The van der Waals surface area contributed by atoms with E-state index in [1.807, 2.05) is 6.92 Å². The predicted octanol–water partition coefficient (Wildman–Crippen LogP) is 0.310. The van der Waals surface area contributed by atoms with Crippen LogP contribution in [0, 0.1) is 0 Å². The number of hydrogen-bond donors (Lipinski definition) is 3. The highest BCUT2D eigenvalue weighted by molar-refractivity contribution is 5.95. The van der Waals surface area contributed by atoms with E-state index in [0.717, 1.165) is 0 Å². The van der Waals surface area contributed by atoms with E-state index in [0.29, 0.717) is 23.4 Å². The fraction of sp³-hybridized carbons (Fsp3) is 0.316. The molecule has 0 spiro atoms. The fourth-order valence-electron chi connectivity index (χ4n) is 2.37. The number of carbonyl (C=O) groups is 3. The summed E-state index contributed by atoms with van der Waals surface area (Å²) in [5.41, 5.74) is 1.44. The lowest BCUT2D eigenvalue weighted by Gasteiger charge is -2.09. The monoisotopic (exact) mass is 385 g/mol. The van der Waals surface area contributed by atoms with Gasteiger partial charge in [0.15, 0.2) is 0 Å². The molecule has 3 N–H and O–H groups in total. The molecule has 0 aliphatic heterocycles. The van der Waals surface area contributed by atoms with Gasteiger partial charge in [-0.1, -0.05) is 6.92 Å². The summed E-state index contributed by atoms with van der Waals surface area (Å²) >= 11 is 0. The van der Waals surface area contributed by atoms with Gasteiger partial charge in [0.25, 0.3) is 11.5 Å². The van der Waals surface area contributed by atoms with Crippen LogP contribution in [0.4, 0.5) is 5.69 Å². The van der Waals surface area contributed by atoms with E-state index in [1.165, 1.54) is 23.9 Å². The number of hydrogen-bond acceptors (Lipinski definition) is 5. The number of aryl methyl sites for hydroxylation is 1. The van der Waals surface area contributed by atoms with Crippen LogP contribution in [0.1, 0.15) is 29.9 Å². The van der Waals surface area contributed by atoms with Gasteiger partial charge in [-0.25, -0.2) is 4.98 Å². The van der Waals surface area contributed by atoms with Gasteiger partial charge in [-0.05, 0) is 30.7 Å². The van der Waals surface area contributed by atoms with Crippen LogP contribution in [0.15, 0.2) is 41.5 Å². The summed E-state index contributed by atoms with van der Waals surface area (Å²) in [6.07, 6.45) is 2.01. The molecular formula is C19H23N5O4. The van der Waals surface area contributed by atoms with Gasteiger partial charge in [-0.3, -0.25) is 23.7 Å². The van der Waals surface area contributed by atoms with Crippen molar-refractivity contribution in [2.24, 2.45) is 0 Å². The Bertz CT molecular complexity index is 905. The molecule has 0 bridgehead atoms. The molecule has 0 aliphatic rings. The largest absolute Gasteiger partial charge is 0.353 e. The molecule has 2 rings (SSSR count). The van der Waals surface area contributed by atoms with Gasteiger partial charge in [0.05, 0.1) is 6.33 Å². The number of amides is 3. The number of carbonyl (C=O) groups excluding carboxylic acids is 3. The van der Waals surface area contributed by atoms with Crippen molar-refractivity contribution in [1.29, 1.82) is 0 Å². The highest BCUT2D eigenvalue weighted by Crippen LogP contribution is 2.09. The summed E-state index contributed by atoms with van der Waals surface area (Å²) in [6.45, 7) is 3.63. The van der Waals surface area contributed by atoms with Gasteiger partial charge in [0.1, 0.15) is 6.54 Å². The van der Waals surface area contributed by atoms with E-state index < -0.39 is 0 Å². The molecule has 28 heavy (non-hydrogen) atoms. The lowest BCUT2D eigenvalue weighted by molar-refractivity contribution is -0.121. The van der Waals surface area contributed by atoms with Crippen LogP contribution >= 0.6 is 0 Å². The highest BCUT2D eigenvalue weighted by Gasteiger charge is 2.07. The number of benzene rings is 1. The zero-order valence-electron chi connectivity index (χ0n) is 15.8. The maximum atomic E-state index is 12.1. The molecule has 2 aromatic rings. The first-order valence-electron chi connectivity index (χ1n) is 8.87. The second kappa shape index (κ2) is 10.0. The molecule has 9 nitrogen and oxygen atoms in total. The first-order valence-corrected chi connectivity index (χ1v) is 8.87. The summed E-state index contributed by atoms with van der Waals surface area (Å²) in [4.78, 5) is 50.9. The van der Waals surface area contributed by atoms with Gasteiger partial charge in [-0.15, -0.1) is 0 Å². The van der Waals surface area contributed by atoms with Crippen LogP contribution in [0.3, 0.4) is 0 Å². The van der Waals surface area contributed by atoms with Crippen LogP contribution in [0.2, 0.25) is 0 Å². The quantitative estimate of drug-likeness (QED) is 0.565. The Balaban J connectivity index is 1.74. The molecule has 9 heteroatoms. The molecule has 0 saturated heterocycles. The van der Waals surface area contributed by atoms with Crippen LogP contribution in [-0.2, 0) is 22.6 Å². The second-order valence-electron chi connectivity index (χ2n) is 6.06. The number of nitrogens with one attached hydrogen (secondary N) is 3. The summed E-state index contributed by atoms with van der Waals surface area (Å²) in [5.74, 6) is -0.825. The first kappa shape index (κ1) is 20.8. The van der Waals surface area contributed by atoms with E-state index >= 15 is 0 Å². The normalized spacial score (nSPS) is 10.2. The third-order valence-corrected chi connectivity index (χ3v) is 3.81. The smallest absolute Gasteiger partial charge is 0.253 e. The topological polar surface area (TPSA) is 122 Å². The Morgan fingerprint density at radius 3 is 2.36 bits per heavy atom. The molecule has 1 aromatic carbocycles. The van der Waals surface area contributed by atoms with Gasteiger partial charge in [-0.2, -0.15) is 0 Å². The number of rotatable bonds is 8. The van der Waals surface area contributed by atoms with Gasteiger partial charge in [0, 0.05) is 43.0 Å². The van der Waals surface area contributed by atoms with Crippen LogP contribution < -0.4 is 21.5 Å². The van der Waals surface area contributed by atoms with E-state index in [4.69, 9.17) is 0 Å². The van der Waals surface area contributed by atoms with Crippen molar-refractivity contribution < 1.29 is 14.4 Å². The average molecular weight is 385 g/mol. The lowest BCUT2D eigenvalue weighted by atomic mass is 10.2. The Hall–Kier alpha value is -3.49. The SMILES string of the molecule is CCc1cc(=O)n(CC(=O)NCCNC(=O)c2ccc(NC(C)=O)cc2)cn1. The van der Waals surface area contributed by atoms with Crippen molar-refractivity contribution in [3.63, 3.8) is 0 Å². The van der Waals surface area contributed by atoms with Crippen LogP contribution in [-0.4, -0.2) is 40.4 Å². The van der Waals surface area contributed by atoms with Crippen LogP contribution in [0.5, 0.6) is 0 Å². The van der Waals surface area contributed by atoms with Gasteiger partial charge in [0.2, 0.25) is 11.8 Å². The van der Waals surface area contributed by atoms with E-state index in [9.17, 15) is 19.2 Å². The minimum absolute atomic E-state index is 0.131. The van der Waals surface area contributed by atoms with Crippen molar-refractivity contribution in [1.82, 2.24) is 20.2 Å². The molecule has 0 aliphatic carbocycles.